The Labute approximate surface area is 128 Å². The molecule has 0 aliphatic carbocycles. The maximum absolute atomic E-state index is 11.5. The smallest absolute Gasteiger partial charge is 0.150 e. The van der Waals surface area contributed by atoms with Gasteiger partial charge in [-0.1, -0.05) is 11.6 Å². The zero-order chi connectivity index (χ0) is 14.9. The van der Waals surface area contributed by atoms with Gasteiger partial charge in [0.2, 0.25) is 0 Å². The Bertz CT molecular complexity index is 504. The normalized spacial score (nSPS) is 32.2. The molecule has 1 atom stereocenters. The predicted octanol–water partition coefficient (Wildman–Crippen LogP) is 2.01. The number of nitrogens with zero attached hydrogens (tertiary/aromatic N) is 1. The van der Waals surface area contributed by atoms with Gasteiger partial charge in [-0.25, -0.2) is 8.42 Å². The van der Waals surface area contributed by atoms with Gasteiger partial charge in [-0.05, 0) is 51.5 Å². The average molecular weight is 313 g/mol. The first-order valence-electron chi connectivity index (χ1n) is 8.21. The number of hydrogen-bond donors (Lipinski definition) is 0. The summed E-state index contributed by atoms with van der Waals surface area (Å²) in [5.74, 6) is 1.20. The minimum absolute atomic E-state index is 0.00443. The van der Waals surface area contributed by atoms with Crippen molar-refractivity contribution in [2.75, 3.05) is 37.7 Å². The van der Waals surface area contributed by atoms with Gasteiger partial charge in [-0.2, -0.15) is 0 Å². The van der Waals surface area contributed by atoms with Crippen molar-refractivity contribution in [2.45, 2.75) is 44.6 Å². The Balaban J connectivity index is 1.45. The van der Waals surface area contributed by atoms with Crippen molar-refractivity contribution in [2.24, 2.45) is 5.92 Å². The minimum Gasteiger partial charge on any atom is -0.370 e. The summed E-state index contributed by atoms with van der Waals surface area (Å²) in [6.07, 6.45) is 7.47. The summed E-state index contributed by atoms with van der Waals surface area (Å²) in [6, 6.07) is 0. The first-order chi connectivity index (χ1) is 9.96. The van der Waals surface area contributed by atoms with E-state index in [4.69, 9.17) is 4.74 Å². The highest BCUT2D eigenvalue weighted by molar-refractivity contribution is 7.91. The van der Waals surface area contributed by atoms with Gasteiger partial charge in [0.15, 0.2) is 9.84 Å². The zero-order valence-corrected chi connectivity index (χ0v) is 13.8. The first kappa shape index (κ1) is 15.5. The highest BCUT2D eigenvalue weighted by Crippen LogP contribution is 2.33. The lowest BCUT2D eigenvalue weighted by Crippen LogP contribution is -2.46. The molecule has 3 rings (SSSR count). The Morgan fingerprint density at radius 2 is 2.14 bits per heavy atom. The summed E-state index contributed by atoms with van der Waals surface area (Å²) in [5.41, 5.74) is 1.46. The van der Waals surface area contributed by atoms with Crippen LogP contribution < -0.4 is 0 Å². The average Bonchev–Trinajstić information content (AvgIpc) is 2.78. The monoisotopic (exact) mass is 313 g/mol. The largest absolute Gasteiger partial charge is 0.370 e. The molecule has 0 amide bonds. The molecule has 3 aliphatic heterocycles. The number of piperidine rings is 1. The van der Waals surface area contributed by atoms with E-state index < -0.39 is 9.84 Å². The van der Waals surface area contributed by atoms with Gasteiger partial charge in [0.25, 0.3) is 0 Å². The lowest BCUT2D eigenvalue weighted by Gasteiger charge is -2.42. The van der Waals surface area contributed by atoms with Gasteiger partial charge in [0.1, 0.15) is 0 Å². The zero-order valence-electron chi connectivity index (χ0n) is 13.0. The second-order valence-corrected chi connectivity index (χ2v) is 9.28. The summed E-state index contributed by atoms with van der Waals surface area (Å²) in [7, 11) is -2.72. The van der Waals surface area contributed by atoms with Crippen LogP contribution in [0.1, 0.15) is 39.0 Å². The van der Waals surface area contributed by atoms with E-state index in [1.54, 1.807) is 0 Å². The molecule has 1 unspecified atom stereocenters. The van der Waals surface area contributed by atoms with Crippen LogP contribution in [-0.4, -0.2) is 56.7 Å². The Morgan fingerprint density at radius 1 is 1.38 bits per heavy atom. The molecule has 0 bridgehead atoms. The van der Waals surface area contributed by atoms with Crippen molar-refractivity contribution in [1.29, 1.82) is 0 Å². The lowest BCUT2D eigenvalue weighted by molar-refractivity contribution is -0.0568. The number of sulfone groups is 1. The third-order valence-electron chi connectivity index (χ3n) is 5.28. The fourth-order valence-electron chi connectivity index (χ4n) is 3.89. The quantitative estimate of drug-likeness (QED) is 0.748. The second kappa shape index (κ2) is 6.01. The number of ether oxygens (including phenoxy) is 1. The highest BCUT2D eigenvalue weighted by Gasteiger charge is 2.35. The Morgan fingerprint density at radius 3 is 2.76 bits per heavy atom. The molecule has 0 aromatic rings. The Hall–Kier alpha value is -0.390. The minimum atomic E-state index is -2.72. The molecule has 0 N–H and O–H groups in total. The molecule has 2 fully saturated rings. The van der Waals surface area contributed by atoms with Crippen molar-refractivity contribution in [3.8, 4) is 0 Å². The van der Waals surface area contributed by atoms with E-state index in [0.29, 0.717) is 17.4 Å². The van der Waals surface area contributed by atoms with E-state index in [1.807, 2.05) is 0 Å². The van der Waals surface area contributed by atoms with Crippen LogP contribution in [0.15, 0.2) is 11.6 Å². The number of hydrogen-bond acceptors (Lipinski definition) is 4. The van der Waals surface area contributed by atoms with Crippen LogP contribution in [0.5, 0.6) is 0 Å². The maximum Gasteiger partial charge on any atom is 0.150 e. The van der Waals surface area contributed by atoms with Crippen molar-refractivity contribution in [3.05, 3.63) is 11.6 Å². The van der Waals surface area contributed by atoms with Crippen LogP contribution in [-0.2, 0) is 14.6 Å². The van der Waals surface area contributed by atoms with E-state index in [0.717, 1.165) is 58.3 Å². The van der Waals surface area contributed by atoms with Crippen molar-refractivity contribution in [1.82, 2.24) is 4.90 Å². The molecule has 0 aromatic carbocycles. The molecule has 3 heterocycles. The Kier molecular flexibility index (Phi) is 4.44. The third kappa shape index (κ3) is 3.88. The highest BCUT2D eigenvalue weighted by atomic mass is 32.2. The SMILES string of the molecule is CC1=CC2(CCN(CCC3CCS(=O)(=O)C3)CC2)OCC1. The number of rotatable bonds is 3. The molecule has 5 heteroatoms. The van der Waals surface area contributed by atoms with E-state index in [2.05, 4.69) is 17.9 Å². The second-order valence-electron chi connectivity index (χ2n) is 7.05. The first-order valence-corrected chi connectivity index (χ1v) is 10.0. The molecule has 21 heavy (non-hydrogen) atoms. The van der Waals surface area contributed by atoms with E-state index in [9.17, 15) is 8.42 Å². The van der Waals surface area contributed by atoms with E-state index in [-0.39, 0.29) is 5.60 Å². The standard InChI is InChI=1S/C16H27NO3S/c1-14-3-10-20-16(12-14)5-8-17(9-6-16)7-2-15-4-11-21(18,19)13-15/h12,15H,2-11,13H2,1H3. The predicted molar refractivity (Wildman–Crippen MR) is 84.1 cm³/mol. The summed E-state index contributed by atoms with van der Waals surface area (Å²) < 4.78 is 29.0. The summed E-state index contributed by atoms with van der Waals surface area (Å²) in [6.45, 7) is 6.25. The molecule has 2 saturated heterocycles. The van der Waals surface area contributed by atoms with Gasteiger partial charge in [-0.3, -0.25) is 0 Å². The molecule has 3 aliphatic rings. The lowest BCUT2D eigenvalue weighted by atomic mass is 9.87. The fraction of sp³-hybridized carbons (Fsp3) is 0.875. The van der Waals surface area contributed by atoms with Gasteiger partial charge in [0.05, 0.1) is 23.7 Å². The molecular weight excluding hydrogens is 286 g/mol. The third-order valence-corrected chi connectivity index (χ3v) is 7.12. The summed E-state index contributed by atoms with van der Waals surface area (Å²) >= 11 is 0. The molecular formula is C16H27NO3S. The molecule has 0 radical (unpaired) electrons. The van der Waals surface area contributed by atoms with E-state index >= 15 is 0 Å². The molecule has 4 nitrogen and oxygen atoms in total. The number of likely N-dealkylation sites (tertiary alicyclic amines) is 1. The fourth-order valence-corrected chi connectivity index (χ4v) is 5.80. The summed E-state index contributed by atoms with van der Waals surface area (Å²) in [5, 5.41) is 0. The van der Waals surface area contributed by atoms with Crippen LogP contribution in [0.25, 0.3) is 0 Å². The molecule has 0 saturated carbocycles. The van der Waals surface area contributed by atoms with Crippen LogP contribution in [0.2, 0.25) is 0 Å². The van der Waals surface area contributed by atoms with Crippen LogP contribution in [0.4, 0.5) is 0 Å². The van der Waals surface area contributed by atoms with Gasteiger partial charge < -0.3 is 9.64 Å². The van der Waals surface area contributed by atoms with Gasteiger partial charge in [-0.15, -0.1) is 0 Å². The van der Waals surface area contributed by atoms with Crippen LogP contribution in [0, 0.1) is 5.92 Å². The molecule has 1 spiro atoms. The van der Waals surface area contributed by atoms with Crippen molar-refractivity contribution < 1.29 is 13.2 Å². The molecule has 0 aromatic heterocycles. The van der Waals surface area contributed by atoms with E-state index in [1.165, 1.54) is 5.57 Å². The maximum atomic E-state index is 11.5. The van der Waals surface area contributed by atoms with Crippen molar-refractivity contribution >= 4 is 9.84 Å². The van der Waals surface area contributed by atoms with Gasteiger partial charge >= 0.3 is 0 Å². The van der Waals surface area contributed by atoms with Crippen LogP contribution in [0.3, 0.4) is 0 Å². The summed E-state index contributed by atoms with van der Waals surface area (Å²) in [4.78, 5) is 2.48. The van der Waals surface area contributed by atoms with Gasteiger partial charge in [0, 0.05) is 13.1 Å². The molecule has 120 valence electrons. The topological polar surface area (TPSA) is 46.6 Å². The van der Waals surface area contributed by atoms with Crippen LogP contribution >= 0.6 is 0 Å². The van der Waals surface area contributed by atoms with Crippen molar-refractivity contribution in [3.63, 3.8) is 0 Å².